The minimum atomic E-state index is -1.02. The predicted octanol–water partition coefficient (Wildman–Crippen LogP) is 2.44. The van der Waals surface area contributed by atoms with Gasteiger partial charge in [-0.25, -0.2) is 8.78 Å². The van der Waals surface area contributed by atoms with Crippen LogP contribution in [0.1, 0.15) is 13.3 Å². The molecule has 0 radical (unpaired) electrons. The van der Waals surface area contributed by atoms with Crippen LogP contribution in [0, 0.1) is 21.7 Å². The largest absolute Gasteiger partial charge is 0.380 e. The molecule has 0 saturated carbocycles. The van der Waals surface area contributed by atoms with Crippen molar-refractivity contribution in [2.75, 3.05) is 18.1 Å². The van der Waals surface area contributed by atoms with Crippen molar-refractivity contribution in [3.05, 3.63) is 33.9 Å². The van der Waals surface area contributed by atoms with Crippen LogP contribution in [0.2, 0.25) is 0 Å². The number of nitrogens with zero attached hydrogens (tertiary/aromatic N) is 1. The molecule has 0 fully saturated rings. The Hall–Kier alpha value is -1.57. The maximum Gasteiger partial charge on any atom is 0.275 e. The van der Waals surface area contributed by atoms with Crippen LogP contribution in [0.4, 0.5) is 20.2 Å². The van der Waals surface area contributed by atoms with E-state index in [0.29, 0.717) is 18.6 Å². The van der Waals surface area contributed by atoms with Crippen molar-refractivity contribution in [3.63, 3.8) is 0 Å². The summed E-state index contributed by atoms with van der Waals surface area (Å²) < 4.78 is 38.1. The molecule has 1 aromatic carbocycles. The second kappa shape index (κ2) is 6.55. The number of rotatable bonds is 6. The van der Waals surface area contributed by atoms with Gasteiger partial charge in [0.05, 0.1) is 17.1 Å². The van der Waals surface area contributed by atoms with Crippen LogP contribution in [-0.2, 0) is 10.8 Å². The van der Waals surface area contributed by atoms with Crippen molar-refractivity contribution in [3.8, 4) is 0 Å². The van der Waals surface area contributed by atoms with Crippen LogP contribution in [-0.4, -0.2) is 27.2 Å². The Labute approximate surface area is 111 Å². The lowest BCUT2D eigenvalue weighted by Gasteiger charge is -2.11. The third kappa shape index (κ3) is 4.23. The molecule has 1 rings (SSSR count). The summed E-state index contributed by atoms with van der Waals surface area (Å²) in [4.78, 5) is 9.55. The van der Waals surface area contributed by atoms with Gasteiger partial charge in [-0.15, -0.1) is 0 Å². The van der Waals surface area contributed by atoms with E-state index in [1.165, 1.54) is 0 Å². The molecule has 0 aliphatic rings. The van der Waals surface area contributed by atoms with Gasteiger partial charge in [0.15, 0.2) is 11.6 Å². The van der Waals surface area contributed by atoms with E-state index >= 15 is 0 Å². The molecule has 0 bridgehead atoms. The second-order valence-electron chi connectivity index (χ2n) is 4.07. The summed E-state index contributed by atoms with van der Waals surface area (Å²) in [6.07, 6.45) is 2.02. The normalized spacial score (nSPS) is 13.9. The van der Waals surface area contributed by atoms with Gasteiger partial charge in [0, 0.05) is 28.9 Å². The Morgan fingerprint density at radius 1 is 1.42 bits per heavy atom. The number of hydrogen-bond donors (Lipinski definition) is 1. The first-order chi connectivity index (χ1) is 8.82. The van der Waals surface area contributed by atoms with Crippen LogP contribution in [0.3, 0.4) is 0 Å². The first-order valence-electron chi connectivity index (χ1n) is 5.52. The summed E-state index contributed by atoms with van der Waals surface area (Å²) in [5, 5.41) is 12.8. The number of halogens is 2. The lowest BCUT2D eigenvalue weighted by Crippen LogP contribution is -2.16. The zero-order valence-electron chi connectivity index (χ0n) is 10.5. The summed E-state index contributed by atoms with van der Waals surface area (Å²) in [5.74, 6) is -2.03. The molecule has 5 nitrogen and oxygen atoms in total. The minimum Gasteiger partial charge on any atom is -0.380 e. The van der Waals surface area contributed by atoms with Crippen molar-refractivity contribution >= 4 is 22.2 Å². The predicted molar refractivity (Wildman–Crippen MR) is 69.6 cm³/mol. The lowest BCUT2D eigenvalue weighted by atomic mass is 10.2. The maximum atomic E-state index is 13.5. The molecule has 2 atom stereocenters. The molecule has 0 aliphatic carbocycles. The zero-order valence-corrected chi connectivity index (χ0v) is 11.3. The molecule has 2 unspecified atom stereocenters. The molecule has 19 heavy (non-hydrogen) atoms. The summed E-state index contributed by atoms with van der Waals surface area (Å²) in [7, 11) is -1.01. The maximum absolute atomic E-state index is 13.5. The van der Waals surface area contributed by atoms with E-state index in [1.54, 1.807) is 13.2 Å². The van der Waals surface area contributed by atoms with E-state index in [1.807, 2.05) is 0 Å². The van der Waals surface area contributed by atoms with Crippen LogP contribution in [0.25, 0.3) is 0 Å². The summed E-state index contributed by atoms with van der Waals surface area (Å²) in [5.41, 5.74) is -1.04. The third-order valence-electron chi connectivity index (χ3n) is 2.66. The highest BCUT2D eigenvalue weighted by Gasteiger charge is 2.17. The number of nitrogens with one attached hydrogen (secondary N) is 1. The number of nitro groups is 1. The zero-order chi connectivity index (χ0) is 14.6. The summed E-state index contributed by atoms with van der Waals surface area (Å²) in [6, 6.07) is 1.32. The Balaban J connectivity index is 2.74. The van der Waals surface area contributed by atoms with E-state index in [2.05, 4.69) is 5.32 Å². The third-order valence-corrected chi connectivity index (χ3v) is 4.03. The number of hydrogen-bond acceptors (Lipinski definition) is 4. The molecular formula is C11H14F2N2O3S. The van der Waals surface area contributed by atoms with Crippen molar-refractivity contribution in [1.29, 1.82) is 0 Å². The molecule has 1 aromatic rings. The van der Waals surface area contributed by atoms with Crippen LogP contribution in [0.5, 0.6) is 0 Å². The molecule has 1 N–H and O–H groups in total. The smallest absolute Gasteiger partial charge is 0.275 e. The summed E-state index contributed by atoms with van der Waals surface area (Å²) in [6.45, 7) is 1.99. The molecule has 8 heteroatoms. The van der Waals surface area contributed by atoms with Gasteiger partial charge in [0.25, 0.3) is 5.69 Å². The molecule has 0 aromatic heterocycles. The summed E-state index contributed by atoms with van der Waals surface area (Å²) >= 11 is 0. The molecule has 0 amide bonds. The fourth-order valence-corrected chi connectivity index (χ4v) is 1.85. The average molecular weight is 292 g/mol. The molecule has 0 heterocycles. The fraction of sp³-hybridized carbons (Fsp3) is 0.455. The van der Waals surface area contributed by atoms with E-state index in [4.69, 9.17) is 0 Å². The monoisotopic (exact) mass is 292 g/mol. The van der Waals surface area contributed by atoms with Crippen LogP contribution in [0.15, 0.2) is 12.1 Å². The number of non-ortho nitro benzene ring substituents is 1. The van der Waals surface area contributed by atoms with Crippen LogP contribution < -0.4 is 5.32 Å². The topological polar surface area (TPSA) is 72.2 Å². The highest BCUT2D eigenvalue weighted by molar-refractivity contribution is 7.84. The SMILES string of the molecule is CC(CCNc1c(F)cc([N+](=O)[O-])cc1F)S(C)=O. The quantitative estimate of drug-likeness (QED) is 0.645. The Kier molecular flexibility index (Phi) is 5.34. The Morgan fingerprint density at radius 2 is 1.95 bits per heavy atom. The number of anilines is 1. The molecule has 106 valence electrons. The number of benzene rings is 1. The average Bonchev–Trinajstić information content (AvgIpc) is 2.31. The van der Waals surface area contributed by atoms with Crippen molar-refractivity contribution < 1.29 is 17.9 Å². The van der Waals surface area contributed by atoms with Crippen molar-refractivity contribution in [2.24, 2.45) is 0 Å². The van der Waals surface area contributed by atoms with E-state index in [-0.39, 0.29) is 11.8 Å². The lowest BCUT2D eigenvalue weighted by molar-refractivity contribution is -0.385. The van der Waals surface area contributed by atoms with Gasteiger partial charge in [-0.05, 0) is 6.42 Å². The molecule has 0 aliphatic heterocycles. The van der Waals surface area contributed by atoms with Gasteiger partial charge in [-0.1, -0.05) is 6.92 Å². The number of nitro benzene ring substituents is 1. The molecule has 0 spiro atoms. The van der Waals surface area contributed by atoms with E-state index in [0.717, 1.165) is 0 Å². The first-order valence-corrected chi connectivity index (χ1v) is 7.14. The van der Waals surface area contributed by atoms with Gasteiger partial charge >= 0.3 is 0 Å². The Morgan fingerprint density at radius 3 is 2.37 bits per heavy atom. The minimum absolute atomic E-state index is 0.100. The first kappa shape index (κ1) is 15.5. The van der Waals surface area contributed by atoms with Gasteiger partial charge in [-0.2, -0.15) is 0 Å². The molecular weight excluding hydrogens is 278 g/mol. The van der Waals surface area contributed by atoms with E-state index in [9.17, 15) is 23.1 Å². The highest BCUT2D eigenvalue weighted by atomic mass is 32.2. The van der Waals surface area contributed by atoms with Crippen molar-refractivity contribution in [1.82, 2.24) is 0 Å². The second-order valence-corrected chi connectivity index (χ2v) is 5.87. The van der Waals surface area contributed by atoms with E-state index < -0.39 is 38.7 Å². The van der Waals surface area contributed by atoms with Crippen molar-refractivity contribution in [2.45, 2.75) is 18.6 Å². The standard InChI is InChI=1S/C11H14F2N2O3S/c1-7(19(2)18)3-4-14-11-9(12)5-8(15(16)17)6-10(11)13/h5-7,14H,3-4H2,1-2H3. The molecule has 0 saturated heterocycles. The Bertz CT molecular complexity index is 488. The van der Waals surface area contributed by atoms with Gasteiger partial charge in [0.2, 0.25) is 0 Å². The van der Waals surface area contributed by atoms with Gasteiger partial charge in [0.1, 0.15) is 5.69 Å². The fourth-order valence-electron chi connectivity index (χ4n) is 1.40. The van der Waals surface area contributed by atoms with Crippen LogP contribution >= 0.6 is 0 Å². The van der Waals surface area contributed by atoms with Gasteiger partial charge < -0.3 is 5.32 Å². The highest BCUT2D eigenvalue weighted by Crippen LogP contribution is 2.24. The van der Waals surface area contributed by atoms with Gasteiger partial charge in [-0.3, -0.25) is 14.3 Å².